The number of fused-ring (bicyclic) bond motifs is 2. The van der Waals surface area contributed by atoms with Crippen LogP contribution in [0.15, 0.2) is 30.6 Å². The number of rotatable bonds is 3. The fourth-order valence-corrected chi connectivity index (χ4v) is 5.29. The van der Waals surface area contributed by atoms with Crippen LogP contribution in [0.4, 0.5) is 23.1 Å². The van der Waals surface area contributed by atoms with Gasteiger partial charge < -0.3 is 15.5 Å². The van der Waals surface area contributed by atoms with Crippen molar-refractivity contribution >= 4 is 46.5 Å². The second-order valence-corrected chi connectivity index (χ2v) is 9.95. The average Bonchev–Trinajstić information content (AvgIpc) is 3.43. The van der Waals surface area contributed by atoms with E-state index in [1.165, 1.54) is 0 Å². The van der Waals surface area contributed by atoms with Crippen LogP contribution >= 0.6 is 0 Å². The molecular weight excluding hydrogens is 436 g/mol. The number of imide groups is 1. The fourth-order valence-electron chi connectivity index (χ4n) is 5.29. The van der Waals surface area contributed by atoms with Crippen LogP contribution in [-0.4, -0.2) is 50.4 Å². The van der Waals surface area contributed by atoms with E-state index in [2.05, 4.69) is 44.9 Å². The summed E-state index contributed by atoms with van der Waals surface area (Å²) in [5.41, 5.74) is 2.25. The minimum absolute atomic E-state index is 0.00255. The number of nitrogens with one attached hydrogen (secondary N) is 3. The lowest BCUT2D eigenvalue weighted by atomic mass is 9.78. The number of carbonyl (C=O) groups excluding carboxylic acids is 3. The first-order valence-electron chi connectivity index (χ1n) is 11.2. The highest BCUT2D eigenvalue weighted by Crippen LogP contribution is 2.40. The van der Waals surface area contributed by atoms with Gasteiger partial charge in [-0.3, -0.25) is 19.7 Å². The van der Waals surface area contributed by atoms with Crippen molar-refractivity contribution in [3.63, 3.8) is 0 Å². The molecule has 1 atom stereocenters. The van der Waals surface area contributed by atoms with Crippen LogP contribution in [0.1, 0.15) is 38.7 Å². The molecule has 3 aromatic rings. The number of aromatic nitrogens is 4. The maximum Gasteiger partial charge on any atom is 0.247 e. The Labute approximate surface area is 194 Å². The van der Waals surface area contributed by atoms with Crippen LogP contribution in [0.2, 0.25) is 0 Å². The number of amides is 3. The van der Waals surface area contributed by atoms with Crippen molar-refractivity contribution in [1.82, 2.24) is 24.9 Å². The fraction of sp³-hybridized carbons (Fsp3) is 0.391. The van der Waals surface area contributed by atoms with Crippen molar-refractivity contribution in [1.29, 1.82) is 0 Å². The van der Waals surface area contributed by atoms with Gasteiger partial charge in [0.1, 0.15) is 0 Å². The quantitative estimate of drug-likeness (QED) is 0.503. The zero-order valence-electron chi connectivity index (χ0n) is 18.9. The number of hydrogen-bond donors (Lipinski definition) is 3. The van der Waals surface area contributed by atoms with Crippen LogP contribution in [0.3, 0.4) is 0 Å². The molecule has 5 heterocycles. The van der Waals surface area contributed by atoms with E-state index < -0.39 is 5.41 Å². The summed E-state index contributed by atoms with van der Waals surface area (Å²) < 4.78 is 1.64. The molecule has 0 saturated carbocycles. The Morgan fingerprint density at radius 1 is 1.09 bits per heavy atom. The van der Waals surface area contributed by atoms with Gasteiger partial charge in [0.05, 0.1) is 5.41 Å². The monoisotopic (exact) mass is 460 g/mol. The van der Waals surface area contributed by atoms with Crippen LogP contribution in [0.5, 0.6) is 0 Å². The molecule has 3 aliphatic heterocycles. The SMILES string of the molecule is CC1(C)CC(=O)Nc2cc(Nc3nc4c(N5CC[C@]6(CC(=O)NC6=O)C5)nccn4n3)ccc21. The average molecular weight is 460 g/mol. The Morgan fingerprint density at radius 2 is 1.91 bits per heavy atom. The zero-order valence-corrected chi connectivity index (χ0v) is 18.9. The first-order valence-corrected chi connectivity index (χ1v) is 11.2. The maximum absolute atomic E-state index is 12.4. The molecule has 2 saturated heterocycles. The molecule has 0 radical (unpaired) electrons. The molecule has 3 amide bonds. The van der Waals surface area contributed by atoms with E-state index in [1.54, 1.807) is 16.9 Å². The molecule has 1 aromatic carbocycles. The molecule has 3 N–H and O–H groups in total. The van der Waals surface area contributed by atoms with Gasteiger partial charge in [0.15, 0.2) is 11.5 Å². The molecule has 0 aliphatic carbocycles. The van der Waals surface area contributed by atoms with Gasteiger partial charge in [-0.1, -0.05) is 19.9 Å². The van der Waals surface area contributed by atoms with Gasteiger partial charge in [-0.25, -0.2) is 9.50 Å². The largest absolute Gasteiger partial charge is 0.352 e. The molecule has 34 heavy (non-hydrogen) atoms. The highest BCUT2D eigenvalue weighted by atomic mass is 16.2. The smallest absolute Gasteiger partial charge is 0.247 e. The predicted molar refractivity (Wildman–Crippen MR) is 124 cm³/mol. The molecule has 0 unspecified atom stereocenters. The number of anilines is 4. The van der Waals surface area contributed by atoms with Crippen molar-refractivity contribution in [2.75, 3.05) is 28.6 Å². The second kappa shape index (κ2) is 6.99. The lowest BCUT2D eigenvalue weighted by molar-refractivity contribution is -0.128. The third-order valence-corrected chi connectivity index (χ3v) is 7.00. The van der Waals surface area contributed by atoms with E-state index in [1.807, 2.05) is 23.1 Å². The van der Waals surface area contributed by atoms with Crippen molar-refractivity contribution in [3.8, 4) is 0 Å². The summed E-state index contributed by atoms with van der Waals surface area (Å²) in [6, 6.07) is 5.85. The summed E-state index contributed by atoms with van der Waals surface area (Å²) in [7, 11) is 0. The van der Waals surface area contributed by atoms with E-state index in [9.17, 15) is 14.4 Å². The molecular formula is C23H24N8O3. The molecule has 11 heteroatoms. The first kappa shape index (κ1) is 20.6. The third-order valence-electron chi connectivity index (χ3n) is 7.00. The standard InChI is InChI=1S/C23H24N8O3/c1-22(2)10-16(32)26-15-9-13(3-4-14(15)22)25-21-28-19-18(24-6-8-31(19)29-21)30-7-5-23(12-30)11-17(33)27-20(23)34/h3-4,6,8-9H,5,7,10-12H2,1-2H3,(H,25,29)(H,26,32)(H,27,33,34)/t23-/m0/s1. The first-order chi connectivity index (χ1) is 16.2. The number of hydrogen-bond acceptors (Lipinski definition) is 8. The van der Waals surface area contributed by atoms with Crippen LogP contribution in [-0.2, 0) is 19.8 Å². The third kappa shape index (κ3) is 3.18. The molecule has 3 aliphatic rings. The molecule has 6 rings (SSSR count). The molecule has 11 nitrogen and oxygen atoms in total. The Hall–Kier alpha value is -4.02. The van der Waals surface area contributed by atoms with Gasteiger partial charge in [-0.05, 0) is 24.1 Å². The van der Waals surface area contributed by atoms with Crippen molar-refractivity contribution in [2.24, 2.45) is 5.41 Å². The van der Waals surface area contributed by atoms with Gasteiger partial charge in [-0.15, -0.1) is 5.10 Å². The van der Waals surface area contributed by atoms with Gasteiger partial charge in [-0.2, -0.15) is 4.98 Å². The summed E-state index contributed by atoms with van der Waals surface area (Å²) in [5.74, 6) is 0.567. The van der Waals surface area contributed by atoms with E-state index in [4.69, 9.17) is 0 Å². The van der Waals surface area contributed by atoms with Crippen molar-refractivity contribution < 1.29 is 14.4 Å². The van der Waals surface area contributed by atoms with Gasteiger partial charge in [0, 0.05) is 55.1 Å². The zero-order chi connectivity index (χ0) is 23.7. The topological polar surface area (TPSA) is 134 Å². The normalized spacial score (nSPS) is 23.4. The van der Waals surface area contributed by atoms with Crippen molar-refractivity contribution in [2.45, 2.75) is 38.5 Å². The highest BCUT2D eigenvalue weighted by molar-refractivity contribution is 6.06. The van der Waals surface area contributed by atoms with Gasteiger partial charge in [0.2, 0.25) is 23.7 Å². The molecule has 1 spiro atoms. The Kier molecular flexibility index (Phi) is 4.23. The minimum Gasteiger partial charge on any atom is -0.352 e. The Morgan fingerprint density at radius 3 is 2.71 bits per heavy atom. The van der Waals surface area contributed by atoms with E-state index in [0.717, 1.165) is 16.9 Å². The number of carbonyl (C=O) groups is 3. The highest BCUT2D eigenvalue weighted by Gasteiger charge is 2.51. The maximum atomic E-state index is 12.4. The Balaban J connectivity index is 1.28. The summed E-state index contributed by atoms with van der Waals surface area (Å²) in [5, 5.41) is 13.1. The summed E-state index contributed by atoms with van der Waals surface area (Å²) >= 11 is 0. The number of nitrogens with zero attached hydrogens (tertiary/aromatic N) is 5. The van der Waals surface area contributed by atoms with E-state index >= 15 is 0 Å². The van der Waals surface area contributed by atoms with Gasteiger partial charge in [0.25, 0.3) is 0 Å². The molecule has 2 aromatic heterocycles. The lowest BCUT2D eigenvalue weighted by Gasteiger charge is -2.32. The summed E-state index contributed by atoms with van der Waals surface area (Å²) in [6.45, 7) is 5.13. The van der Waals surface area contributed by atoms with E-state index in [0.29, 0.717) is 43.3 Å². The lowest BCUT2D eigenvalue weighted by Crippen LogP contribution is -2.34. The van der Waals surface area contributed by atoms with Crippen molar-refractivity contribution in [3.05, 3.63) is 36.2 Å². The summed E-state index contributed by atoms with van der Waals surface area (Å²) in [6.07, 6.45) is 4.59. The molecule has 2 fully saturated rings. The van der Waals surface area contributed by atoms with E-state index in [-0.39, 0.29) is 29.6 Å². The number of benzene rings is 1. The van der Waals surface area contributed by atoms with Crippen LogP contribution < -0.4 is 20.9 Å². The second-order valence-electron chi connectivity index (χ2n) is 9.95. The van der Waals surface area contributed by atoms with Crippen LogP contribution in [0, 0.1) is 5.41 Å². The van der Waals surface area contributed by atoms with Crippen LogP contribution in [0.25, 0.3) is 5.65 Å². The predicted octanol–water partition coefficient (Wildman–Crippen LogP) is 1.73. The Bertz CT molecular complexity index is 1380. The van der Waals surface area contributed by atoms with Gasteiger partial charge >= 0.3 is 0 Å². The molecule has 174 valence electrons. The minimum atomic E-state index is -0.700. The molecule has 0 bridgehead atoms. The summed E-state index contributed by atoms with van der Waals surface area (Å²) in [4.78, 5) is 47.4.